The van der Waals surface area contributed by atoms with Crippen LogP contribution in [0.2, 0.25) is 0 Å². The number of carbonyl (C=O) groups is 1. The molecule has 31 heavy (non-hydrogen) atoms. The molecule has 1 saturated heterocycles. The van der Waals surface area contributed by atoms with E-state index < -0.39 is 17.8 Å². The minimum Gasteiger partial charge on any atom is -0.379 e. The van der Waals surface area contributed by atoms with Crippen LogP contribution in [0, 0.1) is 0 Å². The third-order valence-electron chi connectivity index (χ3n) is 5.89. The van der Waals surface area contributed by atoms with E-state index in [1.54, 1.807) is 7.05 Å². The van der Waals surface area contributed by atoms with Gasteiger partial charge in [-0.05, 0) is 25.7 Å². The molecule has 0 unspecified atom stereocenters. The smallest absolute Gasteiger partial charge is 0.379 e. The number of nitrogens with zero attached hydrogens (tertiary/aromatic N) is 5. The Bertz CT molecular complexity index is 918. The molecule has 4 rings (SSSR count). The van der Waals surface area contributed by atoms with Crippen LogP contribution in [-0.2, 0) is 18.0 Å². The number of aromatic nitrogens is 4. The minimum atomic E-state index is -4.69. The zero-order valence-corrected chi connectivity index (χ0v) is 17.2. The predicted octanol–water partition coefficient (Wildman–Crippen LogP) is 2.27. The molecule has 8 nitrogen and oxygen atoms in total. The van der Waals surface area contributed by atoms with Gasteiger partial charge in [-0.3, -0.25) is 9.69 Å². The van der Waals surface area contributed by atoms with Gasteiger partial charge in [-0.15, -0.1) is 0 Å². The molecule has 2 aromatic heterocycles. The molecule has 0 spiro atoms. The van der Waals surface area contributed by atoms with E-state index in [1.807, 2.05) is 0 Å². The Morgan fingerprint density at radius 3 is 2.48 bits per heavy atom. The van der Waals surface area contributed by atoms with E-state index in [0.29, 0.717) is 17.8 Å². The molecule has 168 valence electrons. The summed E-state index contributed by atoms with van der Waals surface area (Å²) in [6, 6.07) is 1.08. The number of carbonyl (C=O) groups excluding carboxylic acids is 1. The zero-order chi connectivity index (χ0) is 22.0. The van der Waals surface area contributed by atoms with Crippen molar-refractivity contribution in [3.63, 3.8) is 0 Å². The third-order valence-corrected chi connectivity index (χ3v) is 5.89. The molecular weight excluding hydrogens is 413 g/mol. The fourth-order valence-electron chi connectivity index (χ4n) is 4.18. The third kappa shape index (κ3) is 5.04. The fourth-order valence-corrected chi connectivity index (χ4v) is 4.18. The summed E-state index contributed by atoms with van der Waals surface area (Å²) in [5, 5.41) is 2.86. The Labute approximate surface area is 177 Å². The van der Waals surface area contributed by atoms with Crippen LogP contribution >= 0.6 is 0 Å². The number of rotatable bonds is 4. The molecule has 0 radical (unpaired) electrons. The summed E-state index contributed by atoms with van der Waals surface area (Å²) in [5.41, 5.74) is -1.15. The van der Waals surface area contributed by atoms with E-state index in [-0.39, 0.29) is 17.6 Å². The molecule has 0 aromatic carbocycles. The van der Waals surface area contributed by atoms with Crippen molar-refractivity contribution in [2.45, 2.75) is 43.9 Å². The summed E-state index contributed by atoms with van der Waals surface area (Å²) in [6.45, 7) is 3.31. The predicted molar refractivity (Wildman–Crippen MR) is 105 cm³/mol. The van der Waals surface area contributed by atoms with Crippen LogP contribution in [0.1, 0.15) is 41.9 Å². The molecule has 2 aliphatic rings. The molecule has 1 N–H and O–H groups in total. The summed E-state index contributed by atoms with van der Waals surface area (Å²) >= 11 is 0. The maximum absolute atomic E-state index is 13.4. The molecule has 2 aromatic rings. The van der Waals surface area contributed by atoms with E-state index >= 15 is 0 Å². The highest BCUT2D eigenvalue weighted by molar-refractivity contribution is 5.93. The van der Waals surface area contributed by atoms with Gasteiger partial charge >= 0.3 is 6.18 Å². The highest BCUT2D eigenvalue weighted by Gasteiger charge is 2.35. The number of aryl methyl sites for hydroxylation is 1. The van der Waals surface area contributed by atoms with Crippen LogP contribution in [0.25, 0.3) is 11.5 Å². The number of imidazole rings is 1. The second-order valence-electron chi connectivity index (χ2n) is 7.98. The lowest BCUT2D eigenvalue weighted by Gasteiger charge is -2.38. The number of nitrogens with one attached hydrogen (secondary N) is 1. The van der Waals surface area contributed by atoms with Crippen molar-refractivity contribution < 1.29 is 22.7 Å². The summed E-state index contributed by atoms with van der Waals surface area (Å²) in [7, 11) is 1.62. The van der Waals surface area contributed by atoms with Gasteiger partial charge in [0.15, 0.2) is 5.82 Å². The average molecular weight is 438 g/mol. The van der Waals surface area contributed by atoms with Gasteiger partial charge in [0.05, 0.1) is 25.7 Å². The highest BCUT2D eigenvalue weighted by atomic mass is 19.4. The van der Waals surface area contributed by atoms with Crippen molar-refractivity contribution >= 4 is 5.91 Å². The standard InChI is InChI=1S/C20H25F3N6O2/c1-28-12-24-11-16(28)18-26-15(10-17(27-18)20(21,22)23)19(30)25-13-2-4-14(5-3-13)29-6-8-31-9-7-29/h10-14H,2-9H2,1H3,(H,25,30). The first-order valence-corrected chi connectivity index (χ1v) is 10.4. The van der Waals surface area contributed by atoms with Crippen LogP contribution in [-0.4, -0.2) is 68.7 Å². The lowest BCUT2D eigenvalue weighted by molar-refractivity contribution is -0.141. The maximum Gasteiger partial charge on any atom is 0.433 e. The van der Waals surface area contributed by atoms with Crippen molar-refractivity contribution in [2.24, 2.45) is 7.05 Å². The molecule has 1 aliphatic heterocycles. The van der Waals surface area contributed by atoms with Gasteiger partial charge in [0.25, 0.3) is 5.91 Å². The van der Waals surface area contributed by atoms with Gasteiger partial charge in [0, 0.05) is 38.3 Å². The number of hydrogen-bond acceptors (Lipinski definition) is 6. The number of amides is 1. The summed E-state index contributed by atoms with van der Waals surface area (Å²) in [6.07, 6.45) is 1.53. The molecule has 0 atom stereocenters. The first kappa shape index (κ1) is 21.7. The van der Waals surface area contributed by atoms with E-state index in [4.69, 9.17) is 4.74 Å². The SMILES string of the molecule is Cn1cncc1-c1nc(C(=O)NC2CCC(N3CCOCC3)CC2)cc(C(F)(F)F)n1. The van der Waals surface area contributed by atoms with Gasteiger partial charge in [-0.2, -0.15) is 13.2 Å². The molecule has 1 saturated carbocycles. The molecule has 1 aliphatic carbocycles. The van der Waals surface area contributed by atoms with Crippen LogP contribution in [0.3, 0.4) is 0 Å². The average Bonchev–Trinajstić information content (AvgIpc) is 3.20. The zero-order valence-electron chi connectivity index (χ0n) is 17.2. The van der Waals surface area contributed by atoms with Gasteiger partial charge < -0.3 is 14.6 Å². The summed E-state index contributed by atoms with van der Waals surface area (Å²) in [5.74, 6) is -0.804. The minimum absolute atomic E-state index is 0.0887. The van der Waals surface area contributed by atoms with E-state index in [1.165, 1.54) is 17.1 Å². The maximum atomic E-state index is 13.4. The quantitative estimate of drug-likeness (QED) is 0.789. The lowest BCUT2D eigenvalue weighted by Crippen LogP contribution is -2.47. The Morgan fingerprint density at radius 2 is 1.87 bits per heavy atom. The van der Waals surface area contributed by atoms with Crippen LogP contribution in [0.4, 0.5) is 13.2 Å². The fraction of sp³-hybridized carbons (Fsp3) is 0.600. The Balaban J connectivity index is 1.46. The second kappa shape index (κ2) is 8.91. The first-order valence-electron chi connectivity index (χ1n) is 10.4. The van der Waals surface area contributed by atoms with Crippen molar-refractivity contribution in [2.75, 3.05) is 26.3 Å². The normalized spacial score (nSPS) is 23.0. The number of hydrogen-bond donors (Lipinski definition) is 1. The van der Waals surface area contributed by atoms with E-state index in [0.717, 1.165) is 52.0 Å². The monoisotopic (exact) mass is 438 g/mol. The Morgan fingerprint density at radius 1 is 1.16 bits per heavy atom. The molecule has 3 heterocycles. The van der Waals surface area contributed by atoms with Crippen LogP contribution in [0.15, 0.2) is 18.6 Å². The summed E-state index contributed by atoms with van der Waals surface area (Å²) in [4.78, 5) is 26.8. The van der Waals surface area contributed by atoms with E-state index in [2.05, 4.69) is 25.2 Å². The van der Waals surface area contributed by atoms with Crippen molar-refractivity contribution in [1.82, 2.24) is 29.7 Å². The van der Waals surface area contributed by atoms with Gasteiger partial charge in [-0.1, -0.05) is 0 Å². The number of ether oxygens (including phenoxy) is 1. The molecule has 11 heteroatoms. The molecule has 1 amide bonds. The first-order chi connectivity index (χ1) is 14.8. The van der Waals surface area contributed by atoms with Crippen molar-refractivity contribution in [3.8, 4) is 11.5 Å². The van der Waals surface area contributed by atoms with Crippen LogP contribution in [0.5, 0.6) is 0 Å². The molecule has 2 fully saturated rings. The highest BCUT2D eigenvalue weighted by Crippen LogP contribution is 2.30. The number of halogens is 3. The van der Waals surface area contributed by atoms with E-state index in [9.17, 15) is 18.0 Å². The summed E-state index contributed by atoms with van der Waals surface area (Å²) < 4.78 is 47.0. The Hall–Kier alpha value is -2.53. The lowest BCUT2D eigenvalue weighted by atomic mass is 9.90. The molecule has 0 bridgehead atoms. The second-order valence-corrected chi connectivity index (χ2v) is 7.98. The van der Waals surface area contributed by atoms with Crippen molar-refractivity contribution in [3.05, 3.63) is 30.0 Å². The van der Waals surface area contributed by atoms with Gasteiger partial charge in [0.1, 0.15) is 17.1 Å². The topological polar surface area (TPSA) is 85.2 Å². The van der Waals surface area contributed by atoms with Gasteiger partial charge in [-0.25, -0.2) is 15.0 Å². The number of morpholine rings is 1. The largest absolute Gasteiger partial charge is 0.433 e. The molecular formula is C20H25F3N6O2. The number of alkyl halides is 3. The Kier molecular flexibility index (Phi) is 6.24. The van der Waals surface area contributed by atoms with Gasteiger partial charge in [0.2, 0.25) is 0 Å². The van der Waals surface area contributed by atoms with Crippen molar-refractivity contribution in [1.29, 1.82) is 0 Å². The van der Waals surface area contributed by atoms with Crippen LogP contribution < -0.4 is 5.32 Å².